The topological polar surface area (TPSA) is 63.2 Å². The number of carbonyl (C=O) groups is 3. The third-order valence-electron chi connectivity index (χ3n) is 3.30. The highest BCUT2D eigenvalue weighted by atomic mass is 32.2. The predicted octanol–water partition coefficient (Wildman–Crippen LogP) is 2.74. The molecule has 0 atom stereocenters. The monoisotopic (exact) mass is 329 g/mol. The van der Waals surface area contributed by atoms with Gasteiger partial charge in [0.1, 0.15) is 5.78 Å². The van der Waals surface area contributed by atoms with Crippen molar-refractivity contribution in [1.29, 1.82) is 0 Å². The zero-order chi connectivity index (χ0) is 16.7. The third kappa shape index (κ3) is 5.87. The summed E-state index contributed by atoms with van der Waals surface area (Å²) in [5.74, 6) is 0.282. The molecule has 4 nitrogen and oxygen atoms in total. The van der Waals surface area contributed by atoms with Crippen LogP contribution in [-0.2, 0) is 20.8 Å². The van der Waals surface area contributed by atoms with Gasteiger partial charge < -0.3 is 5.32 Å². The summed E-state index contributed by atoms with van der Waals surface area (Å²) < 4.78 is 0. The molecule has 0 unspecified atom stereocenters. The van der Waals surface area contributed by atoms with E-state index in [1.165, 1.54) is 6.92 Å². The molecule has 0 fully saturated rings. The first-order valence-electron chi connectivity index (χ1n) is 7.44. The number of hydrogen-bond donors (Lipinski definition) is 1. The number of carbonyl (C=O) groups excluding carboxylic acids is 3. The molecule has 0 saturated heterocycles. The molecule has 0 aliphatic rings. The highest BCUT2D eigenvalue weighted by molar-refractivity contribution is 8.13. The predicted molar refractivity (Wildman–Crippen MR) is 93.4 cm³/mol. The summed E-state index contributed by atoms with van der Waals surface area (Å²) in [4.78, 5) is 34.4. The lowest BCUT2D eigenvalue weighted by molar-refractivity contribution is -0.123. The van der Waals surface area contributed by atoms with Crippen LogP contribution in [0.25, 0.3) is 10.8 Å². The van der Waals surface area contributed by atoms with E-state index in [1.807, 2.05) is 42.5 Å². The molecular weight excluding hydrogens is 310 g/mol. The van der Waals surface area contributed by atoms with Gasteiger partial charge in [0.05, 0.1) is 6.42 Å². The van der Waals surface area contributed by atoms with E-state index >= 15 is 0 Å². The first-order chi connectivity index (χ1) is 11.0. The molecule has 5 heteroatoms. The van der Waals surface area contributed by atoms with E-state index < -0.39 is 0 Å². The normalized spacial score (nSPS) is 10.5. The molecule has 0 spiro atoms. The summed E-state index contributed by atoms with van der Waals surface area (Å²) >= 11 is 1.09. The molecule has 0 heterocycles. The van der Waals surface area contributed by atoms with Gasteiger partial charge in [0.15, 0.2) is 5.12 Å². The Hall–Kier alpha value is -2.14. The molecule has 0 aromatic heterocycles. The first kappa shape index (κ1) is 17.2. The molecule has 23 heavy (non-hydrogen) atoms. The lowest BCUT2D eigenvalue weighted by Crippen LogP contribution is -2.23. The van der Waals surface area contributed by atoms with Crippen molar-refractivity contribution in [2.24, 2.45) is 0 Å². The van der Waals surface area contributed by atoms with E-state index in [1.54, 1.807) is 0 Å². The fraction of sp³-hybridized carbons (Fsp3) is 0.278. The average Bonchev–Trinajstić information content (AvgIpc) is 2.51. The van der Waals surface area contributed by atoms with E-state index in [0.29, 0.717) is 12.3 Å². The van der Waals surface area contributed by atoms with Crippen LogP contribution in [0.3, 0.4) is 0 Å². The van der Waals surface area contributed by atoms with Gasteiger partial charge in [-0.05, 0) is 16.3 Å². The van der Waals surface area contributed by atoms with Crippen LogP contribution in [0.1, 0.15) is 18.9 Å². The van der Waals surface area contributed by atoms with Crippen LogP contribution in [-0.4, -0.2) is 29.1 Å². The smallest absolute Gasteiger partial charge is 0.216 e. The van der Waals surface area contributed by atoms with Crippen molar-refractivity contribution in [2.75, 3.05) is 12.3 Å². The number of rotatable bonds is 7. The maximum absolute atomic E-state index is 12.0. The number of nitrogens with one attached hydrogen (secondary N) is 1. The lowest BCUT2D eigenvalue weighted by atomic mass is 10.0. The second-order valence-electron chi connectivity index (χ2n) is 5.28. The van der Waals surface area contributed by atoms with Gasteiger partial charge in [-0.2, -0.15) is 0 Å². The summed E-state index contributed by atoms with van der Waals surface area (Å²) in [5, 5.41) is 4.69. The molecule has 1 amide bonds. The van der Waals surface area contributed by atoms with Crippen molar-refractivity contribution in [1.82, 2.24) is 5.32 Å². The van der Waals surface area contributed by atoms with Gasteiger partial charge >= 0.3 is 0 Å². The van der Waals surface area contributed by atoms with Crippen LogP contribution in [0.15, 0.2) is 42.5 Å². The SMILES string of the molecule is CC(=O)NCCSC(=O)CC(=O)Cc1ccc2ccccc2c1. The highest BCUT2D eigenvalue weighted by Gasteiger charge is 2.11. The van der Waals surface area contributed by atoms with Crippen LogP contribution >= 0.6 is 11.8 Å². The van der Waals surface area contributed by atoms with Gasteiger partial charge in [-0.15, -0.1) is 0 Å². The Morgan fingerprint density at radius 3 is 2.52 bits per heavy atom. The largest absolute Gasteiger partial charge is 0.356 e. The van der Waals surface area contributed by atoms with E-state index in [4.69, 9.17) is 0 Å². The van der Waals surface area contributed by atoms with Crippen LogP contribution in [0, 0.1) is 0 Å². The third-order valence-corrected chi connectivity index (χ3v) is 4.17. The summed E-state index contributed by atoms with van der Waals surface area (Å²) in [7, 11) is 0. The molecule has 2 rings (SSSR count). The van der Waals surface area contributed by atoms with Crippen LogP contribution < -0.4 is 5.32 Å². The van der Waals surface area contributed by atoms with Crippen molar-refractivity contribution < 1.29 is 14.4 Å². The molecule has 0 radical (unpaired) electrons. The Bertz CT molecular complexity index is 727. The summed E-state index contributed by atoms with van der Waals surface area (Å²) in [5.41, 5.74) is 0.921. The molecule has 2 aromatic carbocycles. The van der Waals surface area contributed by atoms with Crippen LogP contribution in [0.2, 0.25) is 0 Å². The Balaban J connectivity index is 1.81. The minimum absolute atomic E-state index is 0.0719. The molecule has 0 aliphatic heterocycles. The number of Topliss-reactive ketones (excluding diaryl/α,β-unsaturated/α-hetero) is 1. The van der Waals surface area contributed by atoms with Gasteiger partial charge in [-0.25, -0.2) is 0 Å². The van der Waals surface area contributed by atoms with E-state index in [-0.39, 0.29) is 29.6 Å². The number of benzene rings is 2. The standard InChI is InChI=1S/C18H19NO3S/c1-13(20)19-8-9-23-18(22)12-17(21)11-14-6-7-15-4-2-3-5-16(15)10-14/h2-7,10H,8-9,11-12H2,1H3,(H,19,20). The molecule has 0 bridgehead atoms. The van der Waals surface area contributed by atoms with E-state index in [2.05, 4.69) is 5.32 Å². The first-order valence-corrected chi connectivity index (χ1v) is 8.42. The minimum Gasteiger partial charge on any atom is -0.356 e. The fourth-order valence-electron chi connectivity index (χ4n) is 2.24. The summed E-state index contributed by atoms with van der Waals surface area (Å²) in [6.45, 7) is 1.87. The Morgan fingerprint density at radius 2 is 1.78 bits per heavy atom. The van der Waals surface area contributed by atoms with Crippen molar-refractivity contribution in [3.8, 4) is 0 Å². The van der Waals surface area contributed by atoms with Gasteiger partial charge in [-0.3, -0.25) is 14.4 Å². The molecule has 0 saturated carbocycles. The molecule has 120 valence electrons. The van der Waals surface area contributed by atoms with Gasteiger partial charge in [0.25, 0.3) is 0 Å². The molecule has 2 aromatic rings. The van der Waals surface area contributed by atoms with E-state index in [0.717, 1.165) is 28.1 Å². The van der Waals surface area contributed by atoms with Crippen molar-refractivity contribution >= 4 is 39.3 Å². The van der Waals surface area contributed by atoms with Crippen molar-refractivity contribution in [3.05, 3.63) is 48.0 Å². The van der Waals surface area contributed by atoms with Gasteiger partial charge in [0.2, 0.25) is 5.91 Å². The van der Waals surface area contributed by atoms with Crippen molar-refractivity contribution in [2.45, 2.75) is 19.8 Å². The Kier molecular flexibility index (Phi) is 6.35. The number of amides is 1. The zero-order valence-corrected chi connectivity index (χ0v) is 13.8. The maximum atomic E-state index is 12.0. The second-order valence-corrected chi connectivity index (χ2v) is 6.43. The summed E-state index contributed by atoms with van der Waals surface area (Å²) in [6.07, 6.45) is 0.195. The van der Waals surface area contributed by atoms with Gasteiger partial charge in [-0.1, -0.05) is 54.2 Å². The molecular formula is C18H19NO3S. The molecule has 0 aliphatic carbocycles. The fourth-order valence-corrected chi connectivity index (χ4v) is 2.94. The summed E-state index contributed by atoms with van der Waals surface area (Å²) in [6, 6.07) is 13.9. The quantitative estimate of drug-likeness (QED) is 0.627. The second kappa shape index (κ2) is 8.48. The lowest BCUT2D eigenvalue weighted by Gasteiger charge is -2.04. The zero-order valence-electron chi connectivity index (χ0n) is 13.0. The number of hydrogen-bond acceptors (Lipinski definition) is 4. The molecule has 1 N–H and O–H groups in total. The van der Waals surface area contributed by atoms with Crippen LogP contribution in [0.4, 0.5) is 0 Å². The maximum Gasteiger partial charge on any atom is 0.216 e. The minimum atomic E-state index is -0.152. The van der Waals surface area contributed by atoms with E-state index in [9.17, 15) is 14.4 Å². The Morgan fingerprint density at radius 1 is 1.04 bits per heavy atom. The van der Waals surface area contributed by atoms with Crippen molar-refractivity contribution in [3.63, 3.8) is 0 Å². The Labute approximate surface area is 139 Å². The van der Waals surface area contributed by atoms with Gasteiger partial charge in [0, 0.05) is 25.6 Å². The highest BCUT2D eigenvalue weighted by Crippen LogP contribution is 2.17. The number of thioether (sulfide) groups is 1. The number of fused-ring (bicyclic) bond motifs is 1. The van der Waals surface area contributed by atoms with Crippen LogP contribution in [0.5, 0.6) is 0 Å². The number of ketones is 1. The average molecular weight is 329 g/mol.